The summed E-state index contributed by atoms with van der Waals surface area (Å²) in [5.41, 5.74) is 0. The van der Waals surface area contributed by atoms with Crippen molar-refractivity contribution in [1.29, 1.82) is 0 Å². The van der Waals surface area contributed by atoms with Crippen molar-refractivity contribution in [2.75, 3.05) is 33.4 Å². The van der Waals surface area contributed by atoms with Crippen LogP contribution in [0, 0.1) is 11.8 Å². The van der Waals surface area contributed by atoms with Gasteiger partial charge in [-0.15, -0.1) is 0 Å². The van der Waals surface area contributed by atoms with Crippen molar-refractivity contribution in [3.05, 3.63) is 0 Å². The van der Waals surface area contributed by atoms with E-state index in [9.17, 15) is 0 Å². The molecule has 0 aromatic carbocycles. The molecule has 124 valence electrons. The summed E-state index contributed by atoms with van der Waals surface area (Å²) in [5, 5.41) is 3.76. The zero-order valence-corrected chi connectivity index (χ0v) is 14.4. The molecule has 0 bridgehead atoms. The predicted molar refractivity (Wildman–Crippen MR) is 89.7 cm³/mol. The fourth-order valence-electron chi connectivity index (χ4n) is 3.98. The van der Waals surface area contributed by atoms with Gasteiger partial charge in [0.1, 0.15) is 0 Å². The van der Waals surface area contributed by atoms with E-state index in [-0.39, 0.29) is 0 Å². The van der Waals surface area contributed by atoms with Gasteiger partial charge in [0.05, 0.1) is 6.61 Å². The number of nitrogens with one attached hydrogen (secondary N) is 1. The van der Waals surface area contributed by atoms with Crippen LogP contribution >= 0.6 is 0 Å². The molecule has 2 saturated carbocycles. The van der Waals surface area contributed by atoms with Crippen molar-refractivity contribution in [2.24, 2.45) is 11.8 Å². The predicted octanol–water partition coefficient (Wildman–Crippen LogP) is 3.29. The molecule has 3 unspecified atom stereocenters. The fraction of sp³-hybridized carbons (Fsp3) is 1.00. The minimum Gasteiger partial charge on any atom is -0.383 e. The van der Waals surface area contributed by atoms with Crippen LogP contribution in [0.3, 0.4) is 0 Å². The normalized spacial score (nSPS) is 28.6. The van der Waals surface area contributed by atoms with Gasteiger partial charge >= 0.3 is 0 Å². The largest absolute Gasteiger partial charge is 0.383 e. The van der Waals surface area contributed by atoms with Gasteiger partial charge in [-0.05, 0) is 51.0 Å². The van der Waals surface area contributed by atoms with Gasteiger partial charge < -0.3 is 10.1 Å². The standard InChI is InChI=1S/C18H36N2O/c1-4-19-18-9-7-5-6-8-17(18)14-20(12-13-21-3)15(2)16-10-11-16/h15-19H,4-14H2,1-3H3. The highest BCUT2D eigenvalue weighted by Gasteiger charge is 2.34. The first-order chi connectivity index (χ1) is 10.3. The van der Waals surface area contributed by atoms with Crippen LogP contribution in [0.4, 0.5) is 0 Å². The number of hydrogen-bond acceptors (Lipinski definition) is 3. The first-order valence-electron chi connectivity index (χ1n) is 9.22. The summed E-state index contributed by atoms with van der Waals surface area (Å²) >= 11 is 0. The van der Waals surface area contributed by atoms with Gasteiger partial charge in [0, 0.05) is 32.3 Å². The van der Waals surface area contributed by atoms with E-state index in [2.05, 4.69) is 24.1 Å². The molecule has 21 heavy (non-hydrogen) atoms. The molecule has 3 atom stereocenters. The summed E-state index contributed by atoms with van der Waals surface area (Å²) in [4.78, 5) is 2.72. The average molecular weight is 296 g/mol. The van der Waals surface area contributed by atoms with Crippen molar-refractivity contribution in [3.63, 3.8) is 0 Å². The van der Waals surface area contributed by atoms with Crippen molar-refractivity contribution in [1.82, 2.24) is 10.2 Å². The lowest BCUT2D eigenvalue weighted by atomic mass is 9.93. The molecule has 2 aliphatic rings. The molecule has 0 radical (unpaired) electrons. The number of methoxy groups -OCH3 is 1. The molecule has 1 N–H and O–H groups in total. The zero-order valence-electron chi connectivity index (χ0n) is 14.4. The molecule has 0 heterocycles. The maximum Gasteiger partial charge on any atom is 0.0589 e. The first kappa shape index (κ1) is 17.2. The third-order valence-electron chi connectivity index (χ3n) is 5.56. The quantitative estimate of drug-likeness (QED) is 0.661. The first-order valence-corrected chi connectivity index (χ1v) is 9.22. The lowest BCUT2D eigenvalue weighted by molar-refractivity contribution is 0.0938. The smallest absolute Gasteiger partial charge is 0.0589 e. The molecular formula is C18H36N2O. The van der Waals surface area contributed by atoms with E-state index < -0.39 is 0 Å². The highest BCUT2D eigenvalue weighted by molar-refractivity contribution is 4.88. The monoisotopic (exact) mass is 296 g/mol. The van der Waals surface area contributed by atoms with E-state index in [1.807, 2.05) is 7.11 Å². The second-order valence-corrected chi connectivity index (χ2v) is 7.13. The van der Waals surface area contributed by atoms with E-state index in [1.54, 1.807) is 0 Å². The Morgan fingerprint density at radius 2 is 1.90 bits per heavy atom. The second-order valence-electron chi connectivity index (χ2n) is 7.13. The molecule has 2 aliphatic carbocycles. The Morgan fingerprint density at radius 1 is 1.14 bits per heavy atom. The van der Waals surface area contributed by atoms with Gasteiger partial charge in [-0.25, -0.2) is 0 Å². The van der Waals surface area contributed by atoms with Gasteiger partial charge in [-0.3, -0.25) is 4.90 Å². The second kappa shape index (κ2) is 9.12. The average Bonchev–Trinajstić information content (AvgIpc) is 3.32. The molecule has 0 aromatic rings. The van der Waals surface area contributed by atoms with Gasteiger partial charge in [-0.2, -0.15) is 0 Å². The molecule has 2 rings (SSSR count). The molecule has 0 aromatic heterocycles. The molecule has 2 fully saturated rings. The molecule has 3 heteroatoms. The van der Waals surface area contributed by atoms with Crippen LogP contribution < -0.4 is 5.32 Å². The van der Waals surface area contributed by atoms with Crippen LogP contribution in [0.25, 0.3) is 0 Å². The van der Waals surface area contributed by atoms with Crippen molar-refractivity contribution in [2.45, 2.75) is 70.9 Å². The highest BCUT2D eigenvalue weighted by atomic mass is 16.5. The third-order valence-corrected chi connectivity index (χ3v) is 5.56. The number of ether oxygens (including phenoxy) is 1. The van der Waals surface area contributed by atoms with Crippen LogP contribution in [0.5, 0.6) is 0 Å². The SMILES string of the molecule is CCNC1CCCCCC1CN(CCOC)C(C)C1CC1. The van der Waals surface area contributed by atoms with E-state index in [1.165, 1.54) is 51.5 Å². The van der Waals surface area contributed by atoms with Gasteiger partial charge in [-0.1, -0.05) is 26.2 Å². The third kappa shape index (κ3) is 5.54. The lowest BCUT2D eigenvalue weighted by Crippen LogP contribution is -2.46. The number of rotatable bonds is 9. The Hall–Kier alpha value is -0.120. The van der Waals surface area contributed by atoms with E-state index in [0.29, 0.717) is 0 Å². The lowest BCUT2D eigenvalue weighted by Gasteiger charge is -2.35. The van der Waals surface area contributed by atoms with Gasteiger partial charge in [0.2, 0.25) is 0 Å². The molecule has 0 amide bonds. The summed E-state index contributed by atoms with van der Waals surface area (Å²) in [6.07, 6.45) is 9.90. The van der Waals surface area contributed by atoms with Crippen LogP contribution in [0.1, 0.15) is 58.8 Å². The molecule has 0 saturated heterocycles. The van der Waals surface area contributed by atoms with Crippen LogP contribution in [0.2, 0.25) is 0 Å². The van der Waals surface area contributed by atoms with E-state index >= 15 is 0 Å². The summed E-state index contributed by atoms with van der Waals surface area (Å²) in [5.74, 6) is 1.77. The number of nitrogens with zero attached hydrogens (tertiary/aromatic N) is 1. The van der Waals surface area contributed by atoms with Crippen LogP contribution in [-0.2, 0) is 4.74 Å². The fourth-order valence-corrected chi connectivity index (χ4v) is 3.98. The molecule has 3 nitrogen and oxygen atoms in total. The Bertz CT molecular complexity index is 280. The summed E-state index contributed by atoms with van der Waals surface area (Å²) in [6.45, 7) is 9.03. The maximum absolute atomic E-state index is 5.35. The highest BCUT2D eigenvalue weighted by Crippen LogP contribution is 2.36. The number of hydrogen-bond donors (Lipinski definition) is 1. The Labute approximate surface area is 131 Å². The van der Waals surface area contributed by atoms with E-state index in [0.717, 1.165) is 43.6 Å². The Balaban J connectivity index is 1.93. The zero-order chi connectivity index (χ0) is 15.1. The van der Waals surface area contributed by atoms with Crippen molar-refractivity contribution in [3.8, 4) is 0 Å². The van der Waals surface area contributed by atoms with Crippen molar-refractivity contribution < 1.29 is 4.74 Å². The van der Waals surface area contributed by atoms with Crippen LogP contribution in [0.15, 0.2) is 0 Å². The van der Waals surface area contributed by atoms with E-state index in [4.69, 9.17) is 4.74 Å². The minimum atomic E-state index is 0.731. The van der Waals surface area contributed by atoms with Crippen molar-refractivity contribution >= 4 is 0 Å². The molecule has 0 aliphatic heterocycles. The topological polar surface area (TPSA) is 24.5 Å². The summed E-state index contributed by atoms with van der Waals surface area (Å²) in [7, 11) is 1.83. The molecular weight excluding hydrogens is 260 g/mol. The summed E-state index contributed by atoms with van der Waals surface area (Å²) in [6, 6.07) is 1.47. The Morgan fingerprint density at radius 3 is 2.57 bits per heavy atom. The minimum absolute atomic E-state index is 0.731. The molecule has 0 spiro atoms. The van der Waals surface area contributed by atoms with Gasteiger partial charge in [0.15, 0.2) is 0 Å². The Kier molecular flexibility index (Phi) is 7.48. The van der Waals surface area contributed by atoms with Gasteiger partial charge in [0.25, 0.3) is 0 Å². The summed E-state index contributed by atoms with van der Waals surface area (Å²) < 4.78 is 5.35. The maximum atomic E-state index is 5.35. The van der Waals surface area contributed by atoms with Crippen LogP contribution in [-0.4, -0.2) is 50.3 Å².